The molecule has 1 fully saturated rings. The molecule has 0 spiro atoms. The summed E-state index contributed by atoms with van der Waals surface area (Å²) < 4.78 is 21.7. The molecule has 1 amide bonds. The molecule has 1 saturated heterocycles. The van der Waals surface area contributed by atoms with Gasteiger partial charge in [0.05, 0.1) is 40.1 Å². The van der Waals surface area contributed by atoms with E-state index in [2.05, 4.69) is 0 Å². The zero-order valence-electron chi connectivity index (χ0n) is 21.2. The number of carbonyl (C=O) groups is 2. The number of nitrogens with zero attached hydrogens (tertiary/aromatic N) is 1. The Balaban J connectivity index is 1.87. The summed E-state index contributed by atoms with van der Waals surface area (Å²) in [4.78, 5) is 28.1. The highest BCUT2D eigenvalue weighted by Crippen LogP contribution is 2.45. The van der Waals surface area contributed by atoms with Gasteiger partial charge in [-0.1, -0.05) is 30.3 Å². The van der Waals surface area contributed by atoms with E-state index in [1.54, 1.807) is 36.4 Å². The Morgan fingerprint density at radius 3 is 2.00 bits per heavy atom. The molecule has 3 aromatic rings. The monoisotopic (exact) mass is 503 g/mol. The van der Waals surface area contributed by atoms with E-state index in [9.17, 15) is 14.7 Å². The first-order valence-corrected chi connectivity index (χ1v) is 11.7. The standard InChI is InChI=1S/C29H29NO7/c1-34-21-12-10-19(11-13-21)26(31)24-25(20-16-22(35-2)28(37-4)23(17-20)36-3)30(29(33)27(24)32)15-14-18-8-6-5-7-9-18/h5-13,16-17,25,31H,14-15H2,1-4H3/t25-/m1/s1. The van der Waals surface area contributed by atoms with Crippen LogP contribution in [0, 0.1) is 0 Å². The lowest BCUT2D eigenvalue weighted by molar-refractivity contribution is -0.139. The lowest BCUT2D eigenvalue weighted by atomic mass is 9.94. The molecular weight excluding hydrogens is 474 g/mol. The van der Waals surface area contributed by atoms with Crippen LogP contribution in [0.15, 0.2) is 72.3 Å². The number of amides is 1. The van der Waals surface area contributed by atoms with Crippen molar-refractivity contribution in [2.24, 2.45) is 0 Å². The van der Waals surface area contributed by atoms with E-state index in [0.717, 1.165) is 5.56 Å². The number of aliphatic hydroxyl groups excluding tert-OH is 1. The molecule has 0 bridgehead atoms. The van der Waals surface area contributed by atoms with Crippen molar-refractivity contribution in [1.82, 2.24) is 4.90 Å². The predicted octanol–water partition coefficient (Wildman–Crippen LogP) is 4.39. The first kappa shape index (κ1) is 25.6. The normalized spacial score (nSPS) is 16.5. The zero-order chi connectivity index (χ0) is 26.5. The fraction of sp³-hybridized carbons (Fsp3) is 0.241. The third-order valence-electron chi connectivity index (χ3n) is 6.39. The van der Waals surface area contributed by atoms with Crippen molar-refractivity contribution in [3.05, 3.63) is 89.0 Å². The van der Waals surface area contributed by atoms with Gasteiger partial charge in [-0.05, 0) is 53.9 Å². The van der Waals surface area contributed by atoms with E-state index in [1.807, 2.05) is 30.3 Å². The zero-order valence-corrected chi connectivity index (χ0v) is 21.2. The van der Waals surface area contributed by atoms with Crippen molar-refractivity contribution in [3.63, 3.8) is 0 Å². The molecule has 1 N–H and O–H groups in total. The van der Waals surface area contributed by atoms with Gasteiger partial charge < -0.3 is 29.0 Å². The van der Waals surface area contributed by atoms with Gasteiger partial charge in [0.1, 0.15) is 11.5 Å². The largest absolute Gasteiger partial charge is 0.507 e. The van der Waals surface area contributed by atoms with Crippen molar-refractivity contribution in [1.29, 1.82) is 0 Å². The molecular formula is C29H29NO7. The maximum Gasteiger partial charge on any atom is 0.295 e. The van der Waals surface area contributed by atoms with Crippen LogP contribution in [0.4, 0.5) is 0 Å². The summed E-state index contributed by atoms with van der Waals surface area (Å²) in [5, 5.41) is 11.3. The second kappa shape index (κ2) is 11.1. The van der Waals surface area contributed by atoms with Crippen molar-refractivity contribution in [2.75, 3.05) is 35.0 Å². The van der Waals surface area contributed by atoms with E-state index in [1.165, 1.54) is 33.3 Å². The lowest BCUT2D eigenvalue weighted by Gasteiger charge is -2.26. The minimum Gasteiger partial charge on any atom is -0.507 e. The lowest BCUT2D eigenvalue weighted by Crippen LogP contribution is -2.31. The molecule has 0 unspecified atom stereocenters. The summed E-state index contributed by atoms with van der Waals surface area (Å²) in [6.07, 6.45) is 0.525. The second-order valence-electron chi connectivity index (χ2n) is 8.42. The van der Waals surface area contributed by atoms with Crippen molar-refractivity contribution in [2.45, 2.75) is 12.5 Å². The highest BCUT2D eigenvalue weighted by atomic mass is 16.5. The fourth-order valence-corrected chi connectivity index (χ4v) is 4.52. The summed E-state index contributed by atoms with van der Waals surface area (Å²) in [6.45, 7) is 0.259. The van der Waals surface area contributed by atoms with Crippen LogP contribution in [-0.2, 0) is 16.0 Å². The fourth-order valence-electron chi connectivity index (χ4n) is 4.52. The van der Waals surface area contributed by atoms with Crippen LogP contribution in [0.1, 0.15) is 22.7 Å². The number of hydrogen-bond donors (Lipinski definition) is 1. The SMILES string of the molecule is COc1ccc(C(O)=C2C(=O)C(=O)N(CCc3ccccc3)[C@@H]2c2cc(OC)c(OC)c(OC)c2)cc1. The Hall–Kier alpha value is -4.46. The number of carbonyl (C=O) groups excluding carboxylic acids is 2. The molecule has 1 atom stereocenters. The van der Waals surface area contributed by atoms with Gasteiger partial charge in [-0.2, -0.15) is 0 Å². The van der Waals surface area contributed by atoms with Crippen LogP contribution < -0.4 is 18.9 Å². The second-order valence-corrected chi connectivity index (χ2v) is 8.42. The minimum atomic E-state index is -0.875. The summed E-state index contributed by atoms with van der Waals surface area (Å²) in [7, 11) is 6.02. The number of methoxy groups -OCH3 is 4. The molecule has 4 rings (SSSR count). The Labute approximate surface area is 215 Å². The van der Waals surface area contributed by atoms with Crippen LogP contribution in [0.3, 0.4) is 0 Å². The molecule has 8 nitrogen and oxygen atoms in total. The Kier molecular flexibility index (Phi) is 7.67. The first-order chi connectivity index (χ1) is 17.9. The summed E-state index contributed by atoms with van der Waals surface area (Å²) in [5.74, 6) is -0.0112. The van der Waals surface area contributed by atoms with Crippen molar-refractivity contribution < 1.29 is 33.6 Å². The van der Waals surface area contributed by atoms with Crippen LogP contribution >= 0.6 is 0 Å². The average Bonchev–Trinajstić information content (AvgIpc) is 3.20. The van der Waals surface area contributed by atoms with Gasteiger partial charge in [0.2, 0.25) is 5.75 Å². The third-order valence-corrected chi connectivity index (χ3v) is 6.39. The highest BCUT2D eigenvalue weighted by molar-refractivity contribution is 6.46. The molecule has 1 aliphatic rings. The molecule has 0 radical (unpaired) electrons. The van der Waals surface area contributed by atoms with Gasteiger partial charge in [0.15, 0.2) is 11.5 Å². The van der Waals surface area contributed by atoms with Crippen LogP contribution in [0.5, 0.6) is 23.0 Å². The van der Waals surface area contributed by atoms with E-state index in [0.29, 0.717) is 40.5 Å². The Bertz CT molecular complexity index is 1290. The third kappa shape index (κ3) is 4.95. The molecule has 0 aliphatic carbocycles. The number of rotatable bonds is 9. The smallest absolute Gasteiger partial charge is 0.295 e. The molecule has 0 saturated carbocycles. The predicted molar refractivity (Wildman–Crippen MR) is 138 cm³/mol. The van der Waals surface area contributed by atoms with Gasteiger partial charge in [0, 0.05) is 12.1 Å². The van der Waals surface area contributed by atoms with Crippen molar-refractivity contribution >= 4 is 17.4 Å². The van der Waals surface area contributed by atoms with Crippen LogP contribution in [0.25, 0.3) is 5.76 Å². The number of ether oxygens (including phenoxy) is 4. The molecule has 8 heteroatoms. The number of hydrogen-bond acceptors (Lipinski definition) is 7. The summed E-state index contributed by atoms with van der Waals surface area (Å²) in [6, 6.07) is 18.8. The number of likely N-dealkylation sites (tertiary alicyclic amines) is 1. The molecule has 3 aromatic carbocycles. The van der Waals surface area contributed by atoms with Gasteiger partial charge >= 0.3 is 0 Å². The van der Waals surface area contributed by atoms with Crippen LogP contribution in [-0.4, -0.2) is 56.7 Å². The van der Waals surface area contributed by atoms with E-state index < -0.39 is 17.7 Å². The molecule has 192 valence electrons. The molecule has 37 heavy (non-hydrogen) atoms. The molecule has 1 heterocycles. The number of benzene rings is 3. The van der Waals surface area contributed by atoms with Gasteiger partial charge in [-0.15, -0.1) is 0 Å². The minimum absolute atomic E-state index is 0.0162. The maximum atomic E-state index is 13.4. The maximum absolute atomic E-state index is 13.4. The van der Waals surface area contributed by atoms with Gasteiger partial charge in [0.25, 0.3) is 11.7 Å². The quantitative estimate of drug-likeness (QED) is 0.263. The van der Waals surface area contributed by atoms with Gasteiger partial charge in [-0.3, -0.25) is 9.59 Å². The van der Waals surface area contributed by atoms with E-state index in [4.69, 9.17) is 18.9 Å². The van der Waals surface area contributed by atoms with Gasteiger partial charge in [-0.25, -0.2) is 0 Å². The van der Waals surface area contributed by atoms with E-state index in [-0.39, 0.29) is 17.9 Å². The molecule has 1 aliphatic heterocycles. The Morgan fingerprint density at radius 2 is 1.46 bits per heavy atom. The summed E-state index contributed by atoms with van der Waals surface area (Å²) in [5.41, 5.74) is 1.93. The number of ketones is 1. The van der Waals surface area contributed by atoms with Crippen LogP contribution in [0.2, 0.25) is 0 Å². The number of Topliss-reactive ketones (excluding diaryl/α,β-unsaturated/α-hetero) is 1. The molecule has 0 aromatic heterocycles. The average molecular weight is 504 g/mol. The highest BCUT2D eigenvalue weighted by Gasteiger charge is 2.46. The first-order valence-electron chi connectivity index (χ1n) is 11.7. The topological polar surface area (TPSA) is 94.5 Å². The van der Waals surface area contributed by atoms with Crippen molar-refractivity contribution in [3.8, 4) is 23.0 Å². The summed E-state index contributed by atoms with van der Waals surface area (Å²) >= 11 is 0. The number of aliphatic hydroxyl groups is 1. The Morgan fingerprint density at radius 1 is 0.838 bits per heavy atom. The van der Waals surface area contributed by atoms with E-state index >= 15 is 0 Å².